The monoisotopic (exact) mass is 146 g/mol. The molecule has 0 spiro atoms. The van der Waals surface area contributed by atoms with Gasteiger partial charge < -0.3 is 16.6 Å². The van der Waals surface area contributed by atoms with Crippen LogP contribution in [0.15, 0.2) is 5.10 Å². The summed E-state index contributed by atoms with van der Waals surface area (Å²) in [6, 6.07) is 0. The van der Waals surface area contributed by atoms with E-state index in [4.69, 9.17) is 16.6 Å². The number of carboxylic acids is 1. The number of aliphatic carboxylic acids is 1. The van der Waals surface area contributed by atoms with E-state index in [0.717, 1.165) is 5.01 Å². The van der Waals surface area contributed by atoms with Crippen LogP contribution in [-0.4, -0.2) is 35.6 Å². The second-order valence-electron chi connectivity index (χ2n) is 1.73. The van der Waals surface area contributed by atoms with Gasteiger partial charge in [-0.15, -0.1) is 5.10 Å². The summed E-state index contributed by atoms with van der Waals surface area (Å²) in [5, 5.41) is 12.8. The Kier molecular flexibility index (Phi) is 3.03. The molecule has 6 heteroatoms. The average molecular weight is 146 g/mol. The molecule has 0 atom stereocenters. The summed E-state index contributed by atoms with van der Waals surface area (Å²) in [6.45, 7) is -0.210. The van der Waals surface area contributed by atoms with E-state index in [1.165, 1.54) is 7.05 Å². The largest absolute Gasteiger partial charge is 0.480 e. The summed E-state index contributed by atoms with van der Waals surface area (Å²) >= 11 is 0. The maximum atomic E-state index is 10.00. The Morgan fingerprint density at radius 2 is 2.20 bits per heavy atom. The van der Waals surface area contributed by atoms with Gasteiger partial charge in [0.25, 0.3) is 0 Å². The second-order valence-corrected chi connectivity index (χ2v) is 1.73. The first kappa shape index (κ1) is 8.54. The lowest BCUT2D eigenvalue weighted by atomic mass is 10.6. The van der Waals surface area contributed by atoms with Crippen molar-refractivity contribution >= 4 is 11.9 Å². The number of nitrogens with two attached hydrogens (primary N) is 2. The van der Waals surface area contributed by atoms with Gasteiger partial charge >= 0.3 is 5.97 Å². The molecule has 0 aliphatic carbocycles. The van der Waals surface area contributed by atoms with E-state index in [-0.39, 0.29) is 12.5 Å². The fourth-order valence-electron chi connectivity index (χ4n) is 0.428. The molecular formula is C4H10N4O2. The number of rotatable bonds is 3. The fourth-order valence-corrected chi connectivity index (χ4v) is 0.428. The standard InChI is InChI=1S/C4H10N4O2/c1-8(2-3(9)10)7-4(5)6/h2H2,1H3,(H,9,10)(H4,5,6,7). The highest BCUT2D eigenvalue weighted by atomic mass is 16.4. The van der Waals surface area contributed by atoms with Crippen molar-refractivity contribution in [2.24, 2.45) is 16.6 Å². The van der Waals surface area contributed by atoms with Gasteiger partial charge in [-0.3, -0.25) is 9.80 Å². The molecule has 0 aromatic carbocycles. The Labute approximate surface area is 58.1 Å². The van der Waals surface area contributed by atoms with Crippen molar-refractivity contribution in [1.82, 2.24) is 5.01 Å². The molecule has 0 rings (SSSR count). The lowest BCUT2D eigenvalue weighted by molar-refractivity contribution is -0.137. The third-order valence-corrected chi connectivity index (χ3v) is 0.650. The van der Waals surface area contributed by atoms with Gasteiger partial charge in [0.05, 0.1) is 0 Å². The molecule has 0 aromatic heterocycles. The highest BCUT2D eigenvalue weighted by Gasteiger charge is 1.99. The van der Waals surface area contributed by atoms with Crippen LogP contribution in [-0.2, 0) is 4.79 Å². The SMILES string of the molecule is CN(CC(=O)O)N=C(N)N. The molecule has 0 heterocycles. The van der Waals surface area contributed by atoms with Crippen LogP contribution in [0.3, 0.4) is 0 Å². The second kappa shape index (κ2) is 3.54. The number of hydrazone groups is 1. The summed E-state index contributed by atoms with van der Waals surface area (Å²) in [7, 11) is 1.47. The number of hydrogen-bond donors (Lipinski definition) is 3. The molecule has 0 aromatic rings. The van der Waals surface area contributed by atoms with Crippen LogP contribution in [0.5, 0.6) is 0 Å². The van der Waals surface area contributed by atoms with Gasteiger partial charge in [0, 0.05) is 7.05 Å². The third-order valence-electron chi connectivity index (χ3n) is 0.650. The highest BCUT2D eigenvalue weighted by Crippen LogP contribution is 1.80. The quantitative estimate of drug-likeness (QED) is 0.247. The zero-order valence-corrected chi connectivity index (χ0v) is 5.61. The minimum atomic E-state index is -0.979. The number of carboxylic acid groups (broad SMARTS) is 1. The highest BCUT2D eigenvalue weighted by molar-refractivity contribution is 5.75. The summed E-state index contributed by atoms with van der Waals surface area (Å²) < 4.78 is 0. The molecule has 0 saturated carbocycles. The van der Waals surface area contributed by atoms with Crippen molar-refractivity contribution in [2.45, 2.75) is 0 Å². The molecule has 0 unspecified atom stereocenters. The van der Waals surface area contributed by atoms with Gasteiger partial charge in [-0.05, 0) is 0 Å². The average Bonchev–Trinajstić information content (AvgIpc) is 1.58. The van der Waals surface area contributed by atoms with Gasteiger partial charge in [0.1, 0.15) is 6.54 Å². The number of likely N-dealkylation sites (N-methyl/N-ethyl adjacent to an activating group) is 1. The van der Waals surface area contributed by atoms with E-state index in [9.17, 15) is 4.79 Å². The Hall–Kier alpha value is -1.46. The van der Waals surface area contributed by atoms with Gasteiger partial charge in [-0.25, -0.2) is 0 Å². The topological polar surface area (TPSA) is 105 Å². The molecule has 0 aliphatic heterocycles. The van der Waals surface area contributed by atoms with Crippen molar-refractivity contribution in [3.8, 4) is 0 Å². The molecule has 0 bridgehead atoms. The van der Waals surface area contributed by atoms with Crippen LogP contribution in [0, 0.1) is 0 Å². The number of nitrogens with zero attached hydrogens (tertiary/aromatic N) is 2. The van der Waals surface area contributed by atoms with Crippen LogP contribution in [0.1, 0.15) is 0 Å². The molecule has 0 amide bonds. The van der Waals surface area contributed by atoms with Crippen LogP contribution in [0.25, 0.3) is 0 Å². The molecule has 0 radical (unpaired) electrons. The van der Waals surface area contributed by atoms with Gasteiger partial charge in [-0.2, -0.15) is 0 Å². The first-order valence-corrected chi connectivity index (χ1v) is 2.55. The molecule has 58 valence electrons. The van der Waals surface area contributed by atoms with E-state index in [1.807, 2.05) is 0 Å². The Bertz CT molecular complexity index is 151. The minimum absolute atomic E-state index is 0.149. The van der Waals surface area contributed by atoms with Crippen LogP contribution < -0.4 is 11.5 Å². The van der Waals surface area contributed by atoms with Crippen molar-refractivity contribution in [1.29, 1.82) is 0 Å². The van der Waals surface area contributed by atoms with Crippen LogP contribution in [0.4, 0.5) is 0 Å². The molecule has 0 fully saturated rings. The van der Waals surface area contributed by atoms with E-state index < -0.39 is 5.97 Å². The first-order chi connectivity index (χ1) is 4.52. The fraction of sp³-hybridized carbons (Fsp3) is 0.500. The Morgan fingerprint density at radius 3 is 2.50 bits per heavy atom. The van der Waals surface area contributed by atoms with Crippen molar-refractivity contribution < 1.29 is 9.90 Å². The predicted molar refractivity (Wildman–Crippen MR) is 36.1 cm³/mol. The van der Waals surface area contributed by atoms with Crippen molar-refractivity contribution in [2.75, 3.05) is 13.6 Å². The predicted octanol–water partition coefficient (Wildman–Crippen LogP) is -1.81. The molecular weight excluding hydrogens is 136 g/mol. The third kappa shape index (κ3) is 4.69. The van der Waals surface area contributed by atoms with Crippen molar-refractivity contribution in [3.05, 3.63) is 0 Å². The summed E-state index contributed by atoms with van der Waals surface area (Å²) in [4.78, 5) is 10.00. The van der Waals surface area contributed by atoms with Crippen LogP contribution in [0.2, 0.25) is 0 Å². The maximum Gasteiger partial charge on any atom is 0.324 e. The maximum absolute atomic E-state index is 10.00. The molecule has 6 nitrogen and oxygen atoms in total. The normalized spacial score (nSPS) is 8.50. The minimum Gasteiger partial charge on any atom is -0.480 e. The van der Waals surface area contributed by atoms with E-state index in [0.29, 0.717) is 0 Å². The van der Waals surface area contributed by atoms with E-state index in [2.05, 4.69) is 5.10 Å². The lowest BCUT2D eigenvalue weighted by Gasteiger charge is -2.08. The molecule has 5 N–H and O–H groups in total. The molecule has 0 aliphatic rings. The summed E-state index contributed by atoms with van der Waals surface area (Å²) in [5.74, 6) is -1.13. The van der Waals surface area contributed by atoms with Gasteiger partial charge in [0.15, 0.2) is 0 Å². The molecule has 0 saturated heterocycles. The number of carbonyl (C=O) groups is 1. The van der Waals surface area contributed by atoms with Crippen molar-refractivity contribution in [3.63, 3.8) is 0 Å². The first-order valence-electron chi connectivity index (χ1n) is 2.55. The van der Waals surface area contributed by atoms with Gasteiger partial charge in [0.2, 0.25) is 5.96 Å². The van der Waals surface area contributed by atoms with Gasteiger partial charge in [-0.1, -0.05) is 0 Å². The summed E-state index contributed by atoms with van der Waals surface area (Å²) in [6.07, 6.45) is 0. The van der Waals surface area contributed by atoms with Crippen LogP contribution >= 0.6 is 0 Å². The Morgan fingerprint density at radius 1 is 1.70 bits per heavy atom. The van der Waals surface area contributed by atoms with E-state index >= 15 is 0 Å². The smallest absolute Gasteiger partial charge is 0.324 e. The lowest BCUT2D eigenvalue weighted by Crippen LogP contribution is -2.29. The zero-order valence-electron chi connectivity index (χ0n) is 5.61. The number of hydrogen-bond acceptors (Lipinski definition) is 3. The molecule has 10 heavy (non-hydrogen) atoms. The van der Waals surface area contributed by atoms with E-state index in [1.54, 1.807) is 0 Å². The zero-order chi connectivity index (χ0) is 8.15. The number of guanidine groups is 1. The Balaban J connectivity index is 3.75. The summed E-state index contributed by atoms with van der Waals surface area (Å²) in [5.41, 5.74) is 9.92.